The zero-order valence-electron chi connectivity index (χ0n) is 16.7. The van der Waals surface area contributed by atoms with E-state index in [0.717, 1.165) is 11.3 Å². The summed E-state index contributed by atoms with van der Waals surface area (Å²) < 4.78 is 10.8. The Labute approximate surface area is 168 Å². The van der Waals surface area contributed by atoms with Crippen LogP contribution in [0, 0.1) is 13.8 Å². The molecule has 2 N–H and O–H groups in total. The van der Waals surface area contributed by atoms with Crippen LogP contribution in [0.25, 0.3) is 11.4 Å². The van der Waals surface area contributed by atoms with Gasteiger partial charge in [0.25, 0.3) is 5.56 Å². The number of aromatic amines is 1. The van der Waals surface area contributed by atoms with Gasteiger partial charge in [-0.3, -0.25) is 14.6 Å². The molecule has 0 spiro atoms. The van der Waals surface area contributed by atoms with Crippen LogP contribution >= 0.6 is 0 Å². The van der Waals surface area contributed by atoms with Crippen LogP contribution in [0.5, 0.6) is 0 Å². The van der Waals surface area contributed by atoms with Crippen molar-refractivity contribution in [2.75, 3.05) is 13.7 Å². The summed E-state index contributed by atoms with van der Waals surface area (Å²) in [6.07, 6.45) is 3.72. The summed E-state index contributed by atoms with van der Waals surface area (Å²) in [6, 6.07) is 6.82. The maximum atomic E-state index is 12.5. The van der Waals surface area contributed by atoms with Crippen LogP contribution in [0.4, 0.5) is 0 Å². The van der Waals surface area contributed by atoms with E-state index >= 15 is 0 Å². The molecule has 0 saturated heterocycles. The third kappa shape index (κ3) is 5.17. The van der Waals surface area contributed by atoms with Crippen molar-refractivity contribution in [2.45, 2.75) is 32.7 Å². The first kappa shape index (κ1) is 20.5. The Bertz CT molecular complexity index is 1030. The van der Waals surface area contributed by atoms with Gasteiger partial charge in [0.05, 0.1) is 6.61 Å². The van der Waals surface area contributed by atoms with E-state index in [1.165, 1.54) is 0 Å². The molecule has 3 aromatic heterocycles. The van der Waals surface area contributed by atoms with Gasteiger partial charge in [-0.1, -0.05) is 0 Å². The van der Waals surface area contributed by atoms with Gasteiger partial charge < -0.3 is 19.5 Å². The van der Waals surface area contributed by atoms with E-state index in [-0.39, 0.29) is 30.3 Å². The fourth-order valence-corrected chi connectivity index (χ4v) is 3.06. The van der Waals surface area contributed by atoms with Gasteiger partial charge in [0.1, 0.15) is 23.4 Å². The highest BCUT2D eigenvalue weighted by atomic mass is 16.5. The average molecular weight is 396 g/mol. The number of hydrogen-bond donors (Lipinski definition) is 2. The monoisotopic (exact) mass is 396 g/mol. The standard InChI is InChI=1S/C21H24N4O4/c1-13-4-6-18(29-13)17(12-28-3)24-19(26)7-5-16-14(2)23-20(25-21(16)27)15-8-10-22-11-9-15/h4,6,8-11,17H,5,7,12H2,1-3H3,(H,24,26)(H,23,25,27). The van der Waals surface area contributed by atoms with Gasteiger partial charge in [-0.05, 0) is 44.5 Å². The molecular weight excluding hydrogens is 372 g/mol. The lowest BCUT2D eigenvalue weighted by atomic mass is 10.1. The quantitative estimate of drug-likeness (QED) is 0.605. The maximum absolute atomic E-state index is 12.5. The van der Waals surface area contributed by atoms with Gasteiger partial charge >= 0.3 is 0 Å². The fraction of sp³-hybridized carbons (Fsp3) is 0.333. The Hall–Kier alpha value is -3.26. The highest BCUT2D eigenvalue weighted by Crippen LogP contribution is 2.17. The highest BCUT2D eigenvalue weighted by molar-refractivity contribution is 5.76. The van der Waals surface area contributed by atoms with Crippen LogP contribution in [-0.2, 0) is 16.0 Å². The molecule has 8 nitrogen and oxygen atoms in total. The summed E-state index contributed by atoms with van der Waals surface area (Å²) in [4.78, 5) is 36.2. The van der Waals surface area contributed by atoms with Crippen molar-refractivity contribution in [2.24, 2.45) is 0 Å². The van der Waals surface area contributed by atoms with Crippen LogP contribution in [0.3, 0.4) is 0 Å². The number of carbonyl (C=O) groups excluding carboxylic acids is 1. The molecule has 0 aliphatic heterocycles. The molecule has 1 amide bonds. The van der Waals surface area contributed by atoms with Gasteiger partial charge in [0, 0.05) is 42.7 Å². The molecule has 3 heterocycles. The largest absolute Gasteiger partial charge is 0.464 e. The van der Waals surface area contributed by atoms with Gasteiger partial charge in [-0.25, -0.2) is 4.98 Å². The van der Waals surface area contributed by atoms with Crippen LogP contribution in [0.1, 0.15) is 35.2 Å². The van der Waals surface area contributed by atoms with Gasteiger partial charge in [-0.2, -0.15) is 0 Å². The molecule has 1 atom stereocenters. The third-order valence-corrected chi connectivity index (χ3v) is 4.55. The number of ether oxygens (including phenoxy) is 1. The van der Waals surface area contributed by atoms with Gasteiger partial charge in [0.2, 0.25) is 5.91 Å². The lowest BCUT2D eigenvalue weighted by Crippen LogP contribution is -2.31. The molecule has 0 saturated carbocycles. The number of nitrogens with zero attached hydrogens (tertiary/aromatic N) is 2. The topological polar surface area (TPSA) is 110 Å². The Morgan fingerprint density at radius 3 is 2.62 bits per heavy atom. The molecular formula is C21H24N4O4. The van der Waals surface area contributed by atoms with Crippen molar-refractivity contribution >= 4 is 5.91 Å². The minimum Gasteiger partial charge on any atom is -0.464 e. The van der Waals surface area contributed by atoms with E-state index in [0.29, 0.717) is 29.4 Å². The van der Waals surface area contributed by atoms with Crippen molar-refractivity contribution in [3.05, 3.63) is 69.8 Å². The molecule has 0 aromatic carbocycles. The van der Waals surface area contributed by atoms with Crippen molar-refractivity contribution < 1.29 is 13.9 Å². The molecule has 3 aromatic rings. The summed E-state index contributed by atoms with van der Waals surface area (Å²) in [5, 5.41) is 2.90. The van der Waals surface area contributed by atoms with Crippen LogP contribution in [0.15, 0.2) is 45.9 Å². The third-order valence-electron chi connectivity index (χ3n) is 4.55. The number of carbonyl (C=O) groups is 1. The number of rotatable bonds is 8. The average Bonchev–Trinajstić information content (AvgIpc) is 3.14. The van der Waals surface area contributed by atoms with Crippen LogP contribution in [0.2, 0.25) is 0 Å². The molecule has 152 valence electrons. The lowest BCUT2D eigenvalue weighted by molar-refractivity contribution is -0.122. The normalized spacial score (nSPS) is 12.0. The minimum atomic E-state index is -0.382. The van der Waals surface area contributed by atoms with E-state index in [1.54, 1.807) is 38.6 Å². The Morgan fingerprint density at radius 1 is 1.24 bits per heavy atom. The molecule has 0 aliphatic rings. The molecule has 0 fully saturated rings. The number of furan rings is 1. The fourth-order valence-electron chi connectivity index (χ4n) is 3.06. The molecule has 0 radical (unpaired) electrons. The zero-order valence-corrected chi connectivity index (χ0v) is 16.7. The van der Waals surface area contributed by atoms with E-state index in [2.05, 4.69) is 20.3 Å². The highest BCUT2D eigenvalue weighted by Gasteiger charge is 2.19. The van der Waals surface area contributed by atoms with E-state index in [1.807, 2.05) is 19.1 Å². The van der Waals surface area contributed by atoms with E-state index < -0.39 is 0 Å². The number of amides is 1. The van der Waals surface area contributed by atoms with Crippen LogP contribution in [-0.4, -0.2) is 34.6 Å². The second-order valence-electron chi connectivity index (χ2n) is 6.74. The lowest BCUT2D eigenvalue weighted by Gasteiger charge is -2.16. The number of pyridine rings is 1. The predicted molar refractivity (Wildman–Crippen MR) is 107 cm³/mol. The zero-order chi connectivity index (χ0) is 20.8. The summed E-state index contributed by atoms with van der Waals surface area (Å²) >= 11 is 0. The summed E-state index contributed by atoms with van der Waals surface area (Å²) in [6.45, 7) is 3.90. The van der Waals surface area contributed by atoms with Gasteiger partial charge in [0.15, 0.2) is 0 Å². The first-order valence-corrected chi connectivity index (χ1v) is 9.32. The second-order valence-corrected chi connectivity index (χ2v) is 6.74. The van der Waals surface area contributed by atoms with Crippen molar-refractivity contribution in [3.8, 4) is 11.4 Å². The molecule has 1 unspecified atom stereocenters. The van der Waals surface area contributed by atoms with Crippen molar-refractivity contribution in [1.82, 2.24) is 20.3 Å². The first-order chi connectivity index (χ1) is 14.0. The number of H-pyrrole nitrogens is 1. The number of aryl methyl sites for hydroxylation is 2. The summed E-state index contributed by atoms with van der Waals surface area (Å²) in [5.74, 6) is 1.68. The Kier molecular flexibility index (Phi) is 6.56. The smallest absolute Gasteiger partial charge is 0.254 e. The number of hydrogen-bond acceptors (Lipinski definition) is 6. The second kappa shape index (κ2) is 9.29. The first-order valence-electron chi connectivity index (χ1n) is 9.32. The number of aromatic nitrogens is 3. The SMILES string of the molecule is COCC(NC(=O)CCc1c(C)nc(-c2ccncc2)[nH]c1=O)c1ccc(C)o1. The molecule has 0 aliphatic carbocycles. The minimum absolute atomic E-state index is 0.153. The summed E-state index contributed by atoms with van der Waals surface area (Å²) in [5.41, 5.74) is 1.63. The molecule has 3 rings (SSSR count). The molecule has 29 heavy (non-hydrogen) atoms. The number of methoxy groups -OCH3 is 1. The van der Waals surface area contributed by atoms with Crippen LogP contribution < -0.4 is 10.9 Å². The van der Waals surface area contributed by atoms with E-state index in [4.69, 9.17) is 9.15 Å². The number of nitrogens with one attached hydrogen (secondary N) is 2. The molecule has 0 bridgehead atoms. The van der Waals surface area contributed by atoms with E-state index in [9.17, 15) is 9.59 Å². The molecule has 8 heteroatoms. The summed E-state index contributed by atoms with van der Waals surface area (Å²) in [7, 11) is 1.56. The maximum Gasteiger partial charge on any atom is 0.254 e. The van der Waals surface area contributed by atoms with Crippen molar-refractivity contribution in [1.29, 1.82) is 0 Å². The predicted octanol–water partition coefficient (Wildman–Crippen LogP) is 2.48. The van der Waals surface area contributed by atoms with Crippen molar-refractivity contribution in [3.63, 3.8) is 0 Å². The van der Waals surface area contributed by atoms with Gasteiger partial charge in [-0.15, -0.1) is 0 Å². The Morgan fingerprint density at radius 2 is 2.00 bits per heavy atom. The Balaban J connectivity index is 1.67.